The van der Waals surface area contributed by atoms with Crippen molar-refractivity contribution in [3.63, 3.8) is 0 Å². The van der Waals surface area contributed by atoms with Gasteiger partial charge in [0.05, 0.1) is 5.52 Å². The van der Waals surface area contributed by atoms with Gasteiger partial charge < -0.3 is 16.4 Å². The Bertz CT molecular complexity index is 719. The van der Waals surface area contributed by atoms with Crippen molar-refractivity contribution in [2.75, 3.05) is 6.54 Å². The summed E-state index contributed by atoms with van der Waals surface area (Å²) in [7, 11) is 0. The lowest BCUT2D eigenvalue weighted by Gasteiger charge is -2.29. The second kappa shape index (κ2) is 7.44. The van der Waals surface area contributed by atoms with E-state index in [0.29, 0.717) is 18.7 Å². The van der Waals surface area contributed by atoms with E-state index >= 15 is 0 Å². The van der Waals surface area contributed by atoms with Crippen LogP contribution in [0.1, 0.15) is 42.6 Å². The second-order valence-corrected chi connectivity index (χ2v) is 6.25. The highest BCUT2D eigenvalue weighted by atomic mass is 16.2. The van der Waals surface area contributed by atoms with Crippen LogP contribution in [0.3, 0.4) is 0 Å². The molecule has 2 aromatic rings. The average Bonchev–Trinajstić information content (AvgIpc) is 3.01. The summed E-state index contributed by atoms with van der Waals surface area (Å²) in [5, 5.41) is 13.9. The van der Waals surface area contributed by atoms with Crippen LogP contribution in [0.15, 0.2) is 24.3 Å². The number of nitrogens with two attached hydrogens (primary N) is 1. The maximum atomic E-state index is 12.5. The molecule has 5 N–H and O–H groups in total. The number of benzene rings is 1. The van der Waals surface area contributed by atoms with Crippen molar-refractivity contribution in [3.8, 4) is 0 Å². The molecular formula is C17H23N5O2. The molecule has 0 atom stereocenters. The van der Waals surface area contributed by atoms with Crippen molar-refractivity contribution >= 4 is 22.7 Å². The van der Waals surface area contributed by atoms with Crippen LogP contribution in [0.4, 0.5) is 0 Å². The summed E-state index contributed by atoms with van der Waals surface area (Å²) in [6.07, 6.45) is 3.79. The van der Waals surface area contributed by atoms with Crippen molar-refractivity contribution in [1.29, 1.82) is 0 Å². The highest BCUT2D eigenvalue weighted by molar-refractivity contribution is 6.04. The SMILES string of the molecule is NCCC(=O)N[C@H]1CC[C@H](NC(=O)c2n[nH]c3ccccc23)CC1. The summed E-state index contributed by atoms with van der Waals surface area (Å²) in [4.78, 5) is 24.0. The third-order valence-corrected chi connectivity index (χ3v) is 4.48. The van der Waals surface area contributed by atoms with Crippen LogP contribution < -0.4 is 16.4 Å². The molecule has 1 aromatic carbocycles. The summed E-state index contributed by atoms with van der Waals surface area (Å²) in [5.74, 6) is -0.143. The number of rotatable bonds is 5. The van der Waals surface area contributed by atoms with E-state index in [1.807, 2.05) is 24.3 Å². The predicted octanol–water partition coefficient (Wildman–Crippen LogP) is 1.07. The minimum Gasteiger partial charge on any atom is -0.353 e. The Labute approximate surface area is 140 Å². The summed E-state index contributed by atoms with van der Waals surface area (Å²) in [6.45, 7) is 0.370. The molecule has 1 heterocycles. The normalized spacial score (nSPS) is 20.7. The molecule has 128 valence electrons. The van der Waals surface area contributed by atoms with Crippen molar-refractivity contribution in [3.05, 3.63) is 30.0 Å². The first-order valence-electron chi connectivity index (χ1n) is 8.40. The highest BCUT2D eigenvalue weighted by Gasteiger charge is 2.24. The molecule has 0 saturated heterocycles. The van der Waals surface area contributed by atoms with E-state index in [-0.39, 0.29) is 23.9 Å². The van der Waals surface area contributed by atoms with Crippen LogP contribution in [-0.2, 0) is 4.79 Å². The van der Waals surface area contributed by atoms with Crippen LogP contribution in [-0.4, -0.2) is 40.6 Å². The number of nitrogens with one attached hydrogen (secondary N) is 3. The highest BCUT2D eigenvalue weighted by Crippen LogP contribution is 2.20. The molecular weight excluding hydrogens is 306 g/mol. The van der Waals surface area contributed by atoms with Crippen LogP contribution in [0.25, 0.3) is 10.9 Å². The maximum absolute atomic E-state index is 12.5. The van der Waals surface area contributed by atoms with Crippen LogP contribution >= 0.6 is 0 Å². The molecule has 2 amide bonds. The Morgan fingerprint density at radius 1 is 1.12 bits per heavy atom. The quantitative estimate of drug-likeness (QED) is 0.657. The van der Waals surface area contributed by atoms with Gasteiger partial charge in [-0.1, -0.05) is 18.2 Å². The summed E-state index contributed by atoms with van der Waals surface area (Å²) >= 11 is 0. The molecule has 0 aliphatic heterocycles. The van der Waals surface area contributed by atoms with Gasteiger partial charge in [-0.2, -0.15) is 5.10 Å². The lowest BCUT2D eigenvalue weighted by Crippen LogP contribution is -2.44. The molecule has 7 heteroatoms. The van der Waals surface area contributed by atoms with E-state index in [2.05, 4.69) is 20.8 Å². The van der Waals surface area contributed by atoms with Crippen LogP contribution in [0.5, 0.6) is 0 Å². The first-order valence-corrected chi connectivity index (χ1v) is 8.40. The smallest absolute Gasteiger partial charge is 0.272 e. The fourth-order valence-corrected chi connectivity index (χ4v) is 3.20. The van der Waals surface area contributed by atoms with Gasteiger partial charge in [-0.25, -0.2) is 0 Å². The number of nitrogens with zero attached hydrogens (tertiary/aromatic N) is 1. The number of carbonyl (C=O) groups is 2. The van der Waals surface area contributed by atoms with Gasteiger partial charge in [-0.15, -0.1) is 0 Å². The van der Waals surface area contributed by atoms with E-state index in [1.165, 1.54) is 0 Å². The first-order chi connectivity index (χ1) is 11.7. The third kappa shape index (κ3) is 3.73. The molecule has 1 aliphatic rings. The Morgan fingerprint density at radius 2 is 1.79 bits per heavy atom. The number of carbonyl (C=O) groups excluding carboxylic acids is 2. The number of aromatic amines is 1. The predicted molar refractivity (Wildman–Crippen MR) is 91.4 cm³/mol. The monoisotopic (exact) mass is 329 g/mol. The number of aromatic nitrogens is 2. The molecule has 0 spiro atoms. The van der Waals surface area contributed by atoms with E-state index in [0.717, 1.165) is 36.6 Å². The van der Waals surface area contributed by atoms with Crippen molar-refractivity contribution < 1.29 is 9.59 Å². The van der Waals surface area contributed by atoms with Gasteiger partial charge in [0, 0.05) is 30.4 Å². The van der Waals surface area contributed by atoms with Gasteiger partial charge in [0.15, 0.2) is 5.69 Å². The lowest BCUT2D eigenvalue weighted by molar-refractivity contribution is -0.121. The Balaban J connectivity index is 1.53. The minimum atomic E-state index is -0.150. The number of amides is 2. The summed E-state index contributed by atoms with van der Waals surface area (Å²) < 4.78 is 0. The summed E-state index contributed by atoms with van der Waals surface area (Å²) in [6, 6.07) is 7.89. The number of para-hydroxylation sites is 1. The van der Waals surface area contributed by atoms with Gasteiger partial charge in [0.25, 0.3) is 5.91 Å². The molecule has 0 radical (unpaired) electrons. The lowest BCUT2D eigenvalue weighted by atomic mass is 9.91. The van der Waals surface area contributed by atoms with Gasteiger partial charge in [-0.05, 0) is 31.7 Å². The van der Waals surface area contributed by atoms with Crippen molar-refractivity contribution in [2.45, 2.75) is 44.2 Å². The van der Waals surface area contributed by atoms with E-state index in [1.54, 1.807) is 0 Å². The standard InChI is InChI=1S/C17H23N5O2/c18-10-9-15(23)19-11-5-7-12(8-6-11)20-17(24)16-13-3-1-2-4-14(13)21-22-16/h1-4,11-12H,5-10,18H2,(H,19,23)(H,20,24)(H,21,22)/t11-,12-. The Kier molecular flexibility index (Phi) is 5.10. The minimum absolute atomic E-state index is 0.00739. The fourth-order valence-electron chi connectivity index (χ4n) is 3.20. The van der Waals surface area contributed by atoms with E-state index < -0.39 is 0 Å². The van der Waals surface area contributed by atoms with Gasteiger partial charge in [-0.3, -0.25) is 14.7 Å². The zero-order valence-electron chi connectivity index (χ0n) is 13.5. The van der Waals surface area contributed by atoms with Crippen LogP contribution in [0.2, 0.25) is 0 Å². The molecule has 3 rings (SSSR count). The van der Waals surface area contributed by atoms with Gasteiger partial charge in [0.1, 0.15) is 0 Å². The third-order valence-electron chi connectivity index (χ3n) is 4.48. The topological polar surface area (TPSA) is 113 Å². The van der Waals surface area contributed by atoms with E-state index in [9.17, 15) is 9.59 Å². The molecule has 7 nitrogen and oxygen atoms in total. The molecule has 24 heavy (non-hydrogen) atoms. The van der Waals surface area contributed by atoms with E-state index in [4.69, 9.17) is 5.73 Å². The fraction of sp³-hybridized carbons (Fsp3) is 0.471. The average molecular weight is 329 g/mol. The van der Waals surface area contributed by atoms with Crippen molar-refractivity contribution in [1.82, 2.24) is 20.8 Å². The zero-order chi connectivity index (χ0) is 16.9. The first kappa shape index (κ1) is 16.4. The Morgan fingerprint density at radius 3 is 2.50 bits per heavy atom. The number of hydrogen-bond acceptors (Lipinski definition) is 4. The largest absolute Gasteiger partial charge is 0.353 e. The molecule has 1 aliphatic carbocycles. The number of fused-ring (bicyclic) bond motifs is 1. The zero-order valence-corrected chi connectivity index (χ0v) is 13.5. The summed E-state index contributed by atoms with van der Waals surface area (Å²) in [5.41, 5.74) is 6.67. The molecule has 0 unspecified atom stereocenters. The number of H-pyrrole nitrogens is 1. The van der Waals surface area contributed by atoms with Gasteiger partial charge >= 0.3 is 0 Å². The van der Waals surface area contributed by atoms with Gasteiger partial charge in [0.2, 0.25) is 5.91 Å². The molecule has 1 saturated carbocycles. The Hall–Kier alpha value is -2.41. The molecule has 0 bridgehead atoms. The van der Waals surface area contributed by atoms with Crippen molar-refractivity contribution in [2.24, 2.45) is 5.73 Å². The van der Waals surface area contributed by atoms with Crippen LogP contribution in [0, 0.1) is 0 Å². The number of hydrogen-bond donors (Lipinski definition) is 4. The molecule has 1 aromatic heterocycles. The molecule has 1 fully saturated rings. The second-order valence-electron chi connectivity index (χ2n) is 6.25. The maximum Gasteiger partial charge on any atom is 0.272 e.